The minimum Gasteiger partial charge on any atom is -0.313 e. The summed E-state index contributed by atoms with van der Waals surface area (Å²) in [6.07, 6.45) is -0.137. The number of nitrogens with one attached hydrogen (secondary N) is 1. The summed E-state index contributed by atoms with van der Waals surface area (Å²) >= 11 is 1.93. The van der Waals surface area contributed by atoms with E-state index in [2.05, 4.69) is 5.32 Å². The number of halogens is 3. The second-order valence-corrected chi connectivity index (χ2v) is 5.92. The molecule has 2 atom stereocenters. The molecule has 1 heterocycles. The Balaban J connectivity index is 2.31. The quantitative estimate of drug-likeness (QED) is 0.782. The molecule has 1 saturated heterocycles. The third-order valence-electron chi connectivity index (χ3n) is 3.11. The van der Waals surface area contributed by atoms with Crippen LogP contribution < -0.4 is 5.32 Å². The molecule has 1 aliphatic rings. The fraction of sp³-hybridized carbons (Fsp3) is 1.00. The lowest BCUT2D eigenvalue weighted by Gasteiger charge is -2.30. The molecule has 0 amide bonds. The molecule has 2 unspecified atom stereocenters. The second kappa shape index (κ2) is 7.52. The Morgan fingerprint density at radius 2 is 2.12 bits per heavy atom. The maximum atomic E-state index is 12.1. The van der Waals surface area contributed by atoms with E-state index in [9.17, 15) is 13.2 Å². The van der Waals surface area contributed by atoms with Gasteiger partial charge in [0.2, 0.25) is 0 Å². The van der Waals surface area contributed by atoms with Crippen molar-refractivity contribution in [2.75, 3.05) is 12.3 Å². The van der Waals surface area contributed by atoms with Crippen molar-refractivity contribution in [2.45, 2.75) is 62.9 Å². The molecular formula is C12H22F3NS. The monoisotopic (exact) mass is 269 g/mol. The third-order valence-corrected chi connectivity index (χ3v) is 4.62. The molecule has 5 heteroatoms. The van der Waals surface area contributed by atoms with Crippen molar-refractivity contribution in [3.8, 4) is 0 Å². The van der Waals surface area contributed by atoms with Gasteiger partial charge in [0.15, 0.2) is 0 Å². The van der Waals surface area contributed by atoms with E-state index in [1.54, 1.807) is 0 Å². The smallest absolute Gasteiger partial charge is 0.313 e. The zero-order valence-corrected chi connectivity index (χ0v) is 11.2. The second-order valence-electron chi connectivity index (χ2n) is 4.58. The molecule has 0 spiro atoms. The molecule has 0 radical (unpaired) electrons. The van der Waals surface area contributed by atoms with Crippen molar-refractivity contribution in [1.82, 2.24) is 5.32 Å². The van der Waals surface area contributed by atoms with Gasteiger partial charge in [-0.1, -0.05) is 13.3 Å². The van der Waals surface area contributed by atoms with Crippen LogP contribution in [0.15, 0.2) is 0 Å². The van der Waals surface area contributed by atoms with Crippen LogP contribution in [0.25, 0.3) is 0 Å². The lowest BCUT2D eigenvalue weighted by molar-refractivity contribution is -0.135. The lowest BCUT2D eigenvalue weighted by atomic mass is 10.0. The lowest BCUT2D eigenvalue weighted by Crippen LogP contribution is -2.39. The van der Waals surface area contributed by atoms with Crippen molar-refractivity contribution >= 4 is 11.8 Å². The number of hydrogen-bond donors (Lipinski definition) is 1. The van der Waals surface area contributed by atoms with Crippen LogP contribution in [0, 0.1) is 0 Å². The Labute approximate surface area is 106 Å². The average Bonchev–Trinajstić information content (AvgIpc) is 2.27. The number of rotatable bonds is 6. The van der Waals surface area contributed by atoms with Crippen LogP contribution in [-0.2, 0) is 0 Å². The zero-order valence-electron chi connectivity index (χ0n) is 10.4. The maximum absolute atomic E-state index is 12.1. The molecule has 0 saturated carbocycles. The van der Waals surface area contributed by atoms with E-state index in [0.29, 0.717) is 11.7 Å². The maximum Gasteiger partial charge on any atom is 0.389 e. The molecular weight excluding hydrogens is 247 g/mol. The molecule has 1 nitrogen and oxygen atoms in total. The van der Waals surface area contributed by atoms with Gasteiger partial charge in [0.05, 0.1) is 0 Å². The first-order valence-corrected chi connectivity index (χ1v) is 7.49. The predicted octanol–water partition coefficient (Wildman–Crippen LogP) is 3.98. The molecule has 0 aromatic rings. The first-order valence-electron chi connectivity index (χ1n) is 6.44. The molecule has 1 fully saturated rings. The molecule has 0 aromatic carbocycles. The van der Waals surface area contributed by atoms with Gasteiger partial charge in [0.25, 0.3) is 0 Å². The van der Waals surface area contributed by atoms with E-state index in [1.165, 1.54) is 12.8 Å². The van der Waals surface area contributed by atoms with Crippen LogP contribution in [0.3, 0.4) is 0 Å². The SMILES string of the molecule is CCNC(CCCC(F)(F)F)C1CCCCS1. The predicted molar refractivity (Wildman–Crippen MR) is 67.5 cm³/mol. The first kappa shape index (κ1) is 15.2. The first-order chi connectivity index (χ1) is 8.03. The number of hydrogen-bond acceptors (Lipinski definition) is 2. The van der Waals surface area contributed by atoms with Gasteiger partial charge in [-0.3, -0.25) is 0 Å². The van der Waals surface area contributed by atoms with Crippen molar-refractivity contribution in [1.29, 1.82) is 0 Å². The Bertz CT molecular complexity index is 202. The molecule has 0 bridgehead atoms. The van der Waals surface area contributed by atoms with E-state index < -0.39 is 12.6 Å². The Morgan fingerprint density at radius 3 is 2.65 bits per heavy atom. The topological polar surface area (TPSA) is 12.0 Å². The van der Waals surface area contributed by atoms with Crippen molar-refractivity contribution in [3.63, 3.8) is 0 Å². The molecule has 0 aromatic heterocycles. The summed E-state index contributed by atoms with van der Waals surface area (Å²) in [5, 5.41) is 3.86. The van der Waals surface area contributed by atoms with Crippen molar-refractivity contribution < 1.29 is 13.2 Å². The minimum absolute atomic E-state index is 0.248. The van der Waals surface area contributed by atoms with Crippen LogP contribution in [0.4, 0.5) is 13.2 Å². The molecule has 1 aliphatic heterocycles. The van der Waals surface area contributed by atoms with Gasteiger partial charge in [-0.15, -0.1) is 0 Å². The standard InChI is InChI=1S/C12H22F3NS/c1-2-16-10(6-5-8-12(13,14)15)11-7-3-4-9-17-11/h10-11,16H,2-9H2,1H3. The van der Waals surface area contributed by atoms with Gasteiger partial charge in [0.1, 0.15) is 0 Å². The fourth-order valence-corrected chi connectivity index (χ4v) is 3.76. The third kappa shape index (κ3) is 6.55. The Morgan fingerprint density at radius 1 is 1.35 bits per heavy atom. The van der Waals surface area contributed by atoms with E-state index in [4.69, 9.17) is 0 Å². The largest absolute Gasteiger partial charge is 0.389 e. The van der Waals surface area contributed by atoms with Crippen LogP contribution in [0.1, 0.15) is 45.4 Å². The van der Waals surface area contributed by atoms with Crippen LogP contribution in [0.2, 0.25) is 0 Å². The fourth-order valence-electron chi connectivity index (χ4n) is 2.29. The van der Waals surface area contributed by atoms with Crippen molar-refractivity contribution in [2.24, 2.45) is 0 Å². The summed E-state index contributed by atoms with van der Waals surface area (Å²) in [6.45, 7) is 2.86. The minimum atomic E-state index is -4.00. The van der Waals surface area contributed by atoms with E-state index in [1.807, 2.05) is 18.7 Å². The molecule has 1 N–H and O–H groups in total. The molecule has 1 rings (SSSR count). The Hall–Kier alpha value is 0.100. The van der Waals surface area contributed by atoms with Crippen molar-refractivity contribution in [3.05, 3.63) is 0 Å². The summed E-state index contributed by atoms with van der Waals surface area (Å²) in [5.74, 6) is 1.16. The van der Waals surface area contributed by atoms with Gasteiger partial charge in [-0.25, -0.2) is 0 Å². The highest BCUT2D eigenvalue weighted by Gasteiger charge is 2.28. The summed E-state index contributed by atoms with van der Waals surface area (Å²) < 4.78 is 36.3. The van der Waals surface area contributed by atoms with E-state index in [-0.39, 0.29) is 12.5 Å². The van der Waals surface area contributed by atoms with E-state index in [0.717, 1.165) is 18.7 Å². The van der Waals surface area contributed by atoms with Crippen LogP contribution in [-0.4, -0.2) is 29.8 Å². The number of thioether (sulfide) groups is 1. The highest BCUT2D eigenvalue weighted by molar-refractivity contribution is 8.00. The van der Waals surface area contributed by atoms with Gasteiger partial charge in [0, 0.05) is 17.7 Å². The van der Waals surface area contributed by atoms with Gasteiger partial charge < -0.3 is 5.32 Å². The summed E-state index contributed by atoms with van der Waals surface area (Å²) in [5.41, 5.74) is 0. The summed E-state index contributed by atoms with van der Waals surface area (Å²) in [4.78, 5) is 0. The summed E-state index contributed by atoms with van der Waals surface area (Å²) in [7, 11) is 0. The molecule has 17 heavy (non-hydrogen) atoms. The average molecular weight is 269 g/mol. The Kier molecular flexibility index (Phi) is 6.70. The molecule has 0 aliphatic carbocycles. The van der Waals surface area contributed by atoms with Gasteiger partial charge >= 0.3 is 6.18 Å². The highest BCUT2D eigenvalue weighted by Crippen LogP contribution is 2.30. The number of alkyl halides is 3. The molecule has 102 valence electrons. The van der Waals surface area contributed by atoms with Gasteiger partial charge in [-0.2, -0.15) is 24.9 Å². The zero-order chi connectivity index (χ0) is 12.7. The normalized spacial score (nSPS) is 23.6. The summed E-state index contributed by atoms with van der Waals surface area (Å²) in [6, 6.07) is 0.257. The highest BCUT2D eigenvalue weighted by atomic mass is 32.2. The van der Waals surface area contributed by atoms with Crippen LogP contribution in [0.5, 0.6) is 0 Å². The van der Waals surface area contributed by atoms with Crippen LogP contribution >= 0.6 is 11.8 Å². The van der Waals surface area contributed by atoms with Gasteiger partial charge in [-0.05, 0) is 38.0 Å². The van der Waals surface area contributed by atoms with E-state index >= 15 is 0 Å².